The Morgan fingerprint density at radius 1 is 0.500 bits per heavy atom. The van der Waals surface area contributed by atoms with Crippen LogP contribution in [-0.4, -0.2) is 48.8 Å². The molecule has 0 spiro atoms. The number of fused-ring (bicyclic) bond motifs is 3. The summed E-state index contributed by atoms with van der Waals surface area (Å²) in [5.41, 5.74) is 6.87. The Labute approximate surface area is 252 Å². The maximum Gasteiger partial charge on any atom is 0.101 e. The summed E-state index contributed by atoms with van der Waals surface area (Å²) in [4.78, 5) is 4.75. The Balaban J connectivity index is 1.54. The van der Waals surface area contributed by atoms with Crippen molar-refractivity contribution in [2.45, 2.75) is 10.3 Å². The van der Waals surface area contributed by atoms with Gasteiger partial charge >= 0.3 is 0 Å². The molecule has 186 valence electrons. The van der Waals surface area contributed by atoms with Gasteiger partial charge in [-0.1, -0.05) is 108 Å². The predicted octanol–water partition coefficient (Wildman–Crippen LogP) is 6.73. The summed E-state index contributed by atoms with van der Waals surface area (Å²) in [5.74, 6) is 0.266. The first-order valence-electron chi connectivity index (χ1n) is 13.8. The molecule has 6 aromatic carbocycles. The van der Waals surface area contributed by atoms with Crippen molar-refractivity contribution in [2.75, 3.05) is 0 Å². The van der Waals surface area contributed by atoms with E-state index in [0.717, 1.165) is 33.1 Å². The molecule has 42 heavy (non-hydrogen) atoms. The van der Waals surface area contributed by atoms with Crippen LogP contribution in [0.3, 0.4) is 0 Å². The number of hydrogen-bond acceptors (Lipinski definition) is 1. The van der Waals surface area contributed by atoms with E-state index in [2.05, 4.69) is 84.9 Å². The van der Waals surface area contributed by atoms with Gasteiger partial charge in [0.15, 0.2) is 0 Å². The van der Waals surface area contributed by atoms with Gasteiger partial charge in [0.05, 0.1) is 50.3 Å². The Kier molecular flexibility index (Phi) is 6.24. The van der Waals surface area contributed by atoms with Gasteiger partial charge in [0.1, 0.15) is 5.82 Å². The van der Waals surface area contributed by atoms with E-state index in [4.69, 9.17) is 44.2 Å². The average molecular weight is 524 g/mol. The van der Waals surface area contributed by atoms with Gasteiger partial charge in [-0.25, -0.2) is 4.98 Å². The van der Waals surface area contributed by atoms with E-state index in [1.165, 1.54) is 21.9 Å². The van der Waals surface area contributed by atoms with Crippen LogP contribution in [0.2, 0.25) is 5.11 Å². The highest BCUT2D eigenvalue weighted by molar-refractivity contribution is 6.67. The maximum absolute atomic E-state index is 6.51. The summed E-state index contributed by atoms with van der Waals surface area (Å²) < 4.78 is 1.89. The number of benzene rings is 6. The topological polar surface area (TPSA) is 17.8 Å². The zero-order valence-corrected chi connectivity index (χ0v) is 22.9. The highest BCUT2D eigenvalue weighted by Gasteiger charge is 2.36. The van der Waals surface area contributed by atoms with Crippen molar-refractivity contribution in [2.24, 2.45) is 0 Å². The molecule has 0 aliphatic rings. The second kappa shape index (κ2) is 9.88. The first-order valence-corrected chi connectivity index (χ1v) is 13.8. The van der Waals surface area contributed by atoms with E-state index in [1.54, 1.807) is 0 Å². The predicted molar refractivity (Wildman–Crippen MR) is 180 cm³/mol. The van der Waals surface area contributed by atoms with Crippen molar-refractivity contribution in [3.63, 3.8) is 0 Å². The fourth-order valence-electron chi connectivity index (χ4n) is 5.91. The molecule has 0 unspecified atom stereocenters. The highest BCUT2D eigenvalue weighted by atomic mass is 15.1. The van der Waals surface area contributed by atoms with E-state index in [9.17, 15) is 0 Å². The quantitative estimate of drug-likeness (QED) is 0.181. The molecule has 1 aromatic heterocycles. The molecule has 0 aliphatic carbocycles. The summed E-state index contributed by atoms with van der Waals surface area (Å²) in [6.07, 6.45) is 0. The molecule has 0 N–H and O–H groups in total. The molecule has 0 aliphatic heterocycles. The standard InChI is InChI=1S/C35H21B5N2/c36-34(37,35(38,39)40)33-41-29-19-8-9-20-30(29)42(33)24-14-10-13-23(21-24)32-27-17-6-4-15-25(27)31(22-11-2-1-3-12-22)26-16-5-7-18-28(26)32/h1-21H. The average Bonchev–Trinajstić information content (AvgIpc) is 3.40. The lowest BCUT2D eigenvalue weighted by Crippen LogP contribution is -2.45. The Morgan fingerprint density at radius 2 is 1.00 bits per heavy atom. The van der Waals surface area contributed by atoms with Gasteiger partial charge in [-0.15, -0.1) is 5.11 Å². The van der Waals surface area contributed by atoms with Crippen LogP contribution in [0.1, 0.15) is 5.82 Å². The molecular formula is C35H21B5N2. The third-order valence-electron chi connectivity index (χ3n) is 8.03. The lowest BCUT2D eigenvalue weighted by molar-refractivity contribution is 0.757. The Hall–Kier alpha value is -4.37. The minimum atomic E-state index is -1.93. The van der Waals surface area contributed by atoms with Crippen molar-refractivity contribution in [3.05, 3.63) is 133 Å². The first kappa shape index (κ1) is 26.5. The van der Waals surface area contributed by atoms with Crippen LogP contribution in [-0.2, 0) is 5.21 Å². The smallest absolute Gasteiger partial charge is 0.101 e. The van der Waals surface area contributed by atoms with Gasteiger partial charge in [0.2, 0.25) is 0 Å². The van der Waals surface area contributed by atoms with E-state index in [0.29, 0.717) is 5.52 Å². The molecule has 10 radical (unpaired) electrons. The first-order chi connectivity index (χ1) is 20.3. The van der Waals surface area contributed by atoms with Crippen LogP contribution < -0.4 is 0 Å². The number of imidazole rings is 1. The van der Waals surface area contributed by atoms with Gasteiger partial charge in [0, 0.05) is 5.69 Å². The molecule has 2 nitrogen and oxygen atoms in total. The van der Waals surface area contributed by atoms with E-state index in [-0.39, 0.29) is 5.82 Å². The van der Waals surface area contributed by atoms with Crippen molar-refractivity contribution in [1.82, 2.24) is 9.55 Å². The summed E-state index contributed by atoms with van der Waals surface area (Å²) in [6.45, 7) is 0. The summed E-state index contributed by atoms with van der Waals surface area (Å²) >= 11 is 0. The molecule has 0 bridgehead atoms. The van der Waals surface area contributed by atoms with E-state index >= 15 is 0 Å². The summed E-state index contributed by atoms with van der Waals surface area (Å²) in [6, 6.07) is 43.6. The van der Waals surface area contributed by atoms with Crippen molar-refractivity contribution in [1.29, 1.82) is 0 Å². The molecule has 0 amide bonds. The van der Waals surface area contributed by atoms with Crippen LogP contribution in [0.25, 0.3) is 60.5 Å². The second-order valence-electron chi connectivity index (χ2n) is 10.8. The Bertz CT molecular complexity index is 2050. The minimum Gasteiger partial charge on any atom is -0.297 e. The number of rotatable bonds is 5. The largest absolute Gasteiger partial charge is 0.297 e. The zero-order chi connectivity index (χ0) is 29.1. The van der Waals surface area contributed by atoms with Gasteiger partial charge in [-0.3, -0.25) is 4.57 Å². The maximum atomic E-state index is 6.51. The summed E-state index contributed by atoms with van der Waals surface area (Å²) in [7, 11) is 31.2. The van der Waals surface area contributed by atoms with E-state index in [1.807, 2.05) is 47.0 Å². The highest BCUT2D eigenvalue weighted by Crippen LogP contribution is 2.44. The molecule has 0 saturated heterocycles. The molecule has 0 saturated carbocycles. The molecule has 0 fully saturated rings. The van der Waals surface area contributed by atoms with Crippen LogP contribution >= 0.6 is 0 Å². The second-order valence-corrected chi connectivity index (χ2v) is 10.8. The molecule has 1 heterocycles. The van der Waals surface area contributed by atoms with Gasteiger partial charge in [-0.2, -0.15) is 0 Å². The molecule has 7 aromatic rings. The van der Waals surface area contributed by atoms with Crippen LogP contribution in [0.4, 0.5) is 0 Å². The third kappa shape index (κ3) is 4.14. The number of nitrogens with zero attached hydrogens (tertiary/aromatic N) is 2. The van der Waals surface area contributed by atoms with Crippen LogP contribution in [0.5, 0.6) is 0 Å². The summed E-state index contributed by atoms with van der Waals surface area (Å²) in [5, 5.41) is 0.902. The number of hydrogen-bond donors (Lipinski definition) is 0. The van der Waals surface area contributed by atoms with E-state index < -0.39 is 10.3 Å². The zero-order valence-electron chi connectivity index (χ0n) is 22.9. The van der Waals surface area contributed by atoms with Gasteiger partial charge in [0.25, 0.3) is 0 Å². The Morgan fingerprint density at radius 3 is 1.60 bits per heavy atom. The SMILES string of the molecule is [B]C([B])([B])C([B])([B])c1nc2ccccc2n1-c1cccc(-c2c3ccccc3c(-c3ccccc3)c3ccccc23)c1. The molecule has 0 atom stereocenters. The minimum absolute atomic E-state index is 0.266. The molecular weight excluding hydrogens is 502 g/mol. The third-order valence-corrected chi connectivity index (χ3v) is 8.03. The molecule has 7 heteroatoms. The number of aromatic nitrogens is 2. The van der Waals surface area contributed by atoms with Crippen LogP contribution in [0.15, 0.2) is 127 Å². The number of para-hydroxylation sites is 2. The van der Waals surface area contributed by atoms with Gasteiger partial charge < -0.3 is 0 Å². The monoisotopic (exact) mass is 524 g/mol. The van der Waals surface area contributed by atoms with Crippen LogP contribution in [0, 0.1) is 0 Å². The fourth-order valence-corrected chi connectivity index (χ4v) is 5.91. The molecule has 7 rings (SSSR count). The van der Waals surface area contributed by atoms with Crippen molar-refractivity contribution < 1.29 is 0 Å². The normalized spacial score (nSPS) is 12.3. The fraction of sp³-hybridized carbons (Fsp3) is 0.0571. The van der Waals surface area contributed by atoms with Crippen molar-refractivity contribution >= 4 is 71.8 Å². The van der Waals surface area contributed by atoms with Gasteiger partial charge in [-0.05, 0) is 68.1 Å². The lowest BCUT2D eigenvalue weighted by atomic mass is 9.23. The lowest BCUT2D eigenvalue weighted by Gasteiger charge is -2.41. The van der Waals surface area contributed by atoms with Crippen molar-refractivity contribution in [3.8, 4) is 27.9 Å².